The van der Waals surface area contributed by atoms with Crippen molar-refractivity contribution in [1.29, 1.82) is 0 Å². The second-order valence-corrected chi connectivity index (χ2v) is 5.22. The van der Waals surface area contributed by atoms with E-state index in [1.165, 1.54) is 18.2 Å². The summed E-state index contributed by atoms with van der Waals surface area (Å²) in [5, 5.41) is 2.73. The first-order valence-electron chi connectivity index (χ1n) is 6.09. The van der Waals surface area contributed by atoms with Gasteiger partial charge in [0.2, 0.25) is 11.8 Å². The van der Waals surface area contributed by atoms with Gasteiger partial charge in [0, 0.05) is 0 Å². The van der Waals surface area contributed by atoms with E-state index in [-0.39, 0.29) is 10.7 Å². The number of anilines is 1. The molecule has 1 aromatic rings. The molecule has 0 aliphatic carbocycles. The van der Waals surface area contributed by atoms with E-state index in [0.29, 0.717) is 17.9 Å². The Morgan fingerprint density at radius 1 is 1.20 bits per heavy atom. The lowest BCUT2D eigenvalue weighted by molar-refractivity contribution is -0.134. The molecule has 0 saturated carbocycles. The lowest BCUT2D eigenvalue weighted by Crippen LogP contribution is -2.58. The molecule has 2 rings (SSSR count). The SMILES string of the molecule is CCCC1C(=O)NC(=O)N(c2ccc(Cl)c(Cl)c2)C1=O. The van der Waals surface area contributed by atoms with Gasteiger partial charge in [0.25, 0.3) is 0 Å². The van der Waals surface area contributed by atoms with Gasteiger partial charge in [-0.15, -0.1) is 0 Å². The number of carbonyl (C=O) groups excluding carboxylic acids is 3. The van der Waals surface area contributed by atoms with Gasteiger partial charge in [-0.2, -0.15) is 0 Å². The average molecular weight is 315 g/mol. The Labute approximate surface area is 125 Å². The van der Waals surface area contributed by atoms with E-state index in [1.54, 1.807) is 0 Å². The van der Waals surface area contributed by atoms with Crippen molar-refractivity contribution >= 4 is 46.7 Å². The zero-order chi connectivity index (χ0) is 14.9. The Balaban J connectivity index is 2.38. The molecule has 0 aromatic heterocycles. The van der Waals surface area contributed by atoms with Crippen molar-refractivity contribution in [2.24, 2.45) is 5.92 Å². The van der Waals surface area contributed by atoms with Crippen LogP contribution in [0.15, 0.2) is 18.2 Å². The predicted molar refractivity (Wildman–Crippen MR) is 75.9 cm³/mol. The van der Waals surface area contributed by atoms with Gasteiger partial charge in [0.1, 0.15) is 5.92 Å². The summed E-state index contributed by atoms with van der Waals surface area (Å²) < 4.78 is 0. The molecular weight excluding hydrogens is 303 g/mol. The summed E-state index contributed by atoms with van der Waals surface area (Å²) in [6, 6.07) is 3.64. The van der Waals surface area contributed by atoms with Crippen LogP contribution >= 0.6 is 23.2 Å². The first kappa shape index (κ1) is 14.8. The number of urea groups is 1. The zero-order valence-electron chi connectivity index (χ0n) is 10.7. The Morgan fingerprint density at radius 3 is 2.50 bits per heavy atom. The summed E-state index contributed by atoms with van der Waals surface area (Å²) in [6.07, 6.45) is 1.04. The summed E-state index contributed by atoms with van der Waals surface area (Å²) in [4.78, 5) is 36.8. The molecule has 1 saturated heterocycles. The Morgan fingerprint density at radius 2 is 1.90 bits per heavy atom. The molecule has 4 amide bonds. The standard InChI is InChI=1S/C13H12Cl2N2O3/c1-2-3-8-11(18)16-13(20)17(12(8)19)7-4-5-9(14)10(15)6-7/h4-6,8H,2-3H2,1H3,(H,16,18,20). The molecule has 1 N–H and O–H groups in total. The van der Waals surface area contributed by atoms with Gasteiger partial charge in [0.15, 0.2) is 0 Å². The number of halogens is 2. The van der Waals surface area contributed by atoms with Crippen LogP contribution in [0.2, 0.25) is 10.0 Å². The number of hydrogen-bond donors (Lipinski definition) is 1. The minimum atomic E-state index is -0.854. The third-order valence-corrected chi connectivity index (χ3v) is 3.75. The third kappa shape index (κ3) is 2.64. The summed E-state index contributed by atoms with van der Waals surface area (Å²) >= 11 is 11.7. The van der Waals surface area contributed by atoms with Gasteiger partial charge in [-0.25, -0.2) is 9.69 Å². The Hall–Kier alpha value is -1.59. The van der Waals surface area contributed by atoms with Crippen molar-refractivity contribution in [3.63, 3.8) is 0 Å². The lowest BCUT2D eigenvalue weighted by Gasteiger charge is -2.30. The normalized spacial score (nSPS) is 19.2. The van der Waals surface area contributed by atoms with Gasteiger partial charge >= 0.3 is 6.03 Å². The predicted octanol–water partition coefficient (Wildman–Crippen LogP) is 2.99. The summed E-state index contributed by atoms with van der Waals surface area (Å²) in [5.74, 6) is -1.95. The number of barbiturate groups is 1. The number of benzene rings is 1. The number of rotatable bonds is 3. The largest absolute Gasteiger partial charge is 0.335 e. The molecule has 0 spiro atoms. The van der Waals surface area contributed by atoms with Crippen molar-refractivity contribution in [3.8, 4) is 0 Å². The van der Waals surface area contributed by atoms with Crippen LogP contribution in [0.3, 0.4) is 0 Å². The maximum atomic E-state index is 12.3. The second-order valence-electron chi connectivity index (χ2n) is 4.41. The molecule has 1 aromatic carbocycles. The van der Waals surface area contributed by atoms with Crippen LogP contribution in [0.5, 0.6) is 0 Å². The van der Waals surface area contributed by atoms with Crippen LogP contribution in [0, 0.1) is 5.92 Å². The molecule has 7 heteroatoms. The minimum absolute atomic E-state index is 0.230. The molecular formula is C13H12Cl2N2O3. The van der Waals surface area contributed by atoms with E-state index < -0.39 is 23.8 Å². The molecule has 1 atom stereocenters. The highest BCUT2D eigenvalue weighted by molar-refractivity contribution is 6.42. The second kappa shape index (κ2) is 5.81. The van der Waals surface area contributed by atoms with Crippen LogP contribution in [0.4, 0.5) is 10.5 Å². The summed E-state index contributed by atoms with van der Waals surface area (Å²) in [5.41, 5.74) is 0.288. The fourth-order valence-electron chi connectivity index (χ4n) is 2.03. The number of nitrogens with one attached hydrogen (secondary N) is 1. The fraction of sp³-hybridized carbons (Fsp3) is 0.308. The van der Waals surface area contributed by atoms with Crippen LogP contribution < -0.4 is 10.2 Å². The molecule has 0 bridgehead atoms. The van der Waals surface area contributed by atoms with E-state index in [1.807, 2.05) is 6.92 Å². The molecule has 106 valence electrons. The first-order chi connectivity index (χ1) is 9.45. The van der Waals surface area contributed by atoms with Crippen molar-refractivity contribution in [2.75, 3.05) is 4.90 Å². The van der Waals surface area contributed by atoms with Crippen molar-refractivity contribution < 1.29 is 14.4 Å². The van der Waals surface area contributed by atoms with Crippen LogP contribution in [-0.4, -0.2) is 17.8 Å². The van der Waals surface area contributed by atoms with Crippen molar-refractivity contribution in [1.82, 2.24) is 5.32 Å². The van der Waals surface area contributed by atoms with Gasteiger partial charge in [-0.05, 0) is 24.6 Å². The number of carbonyl (C=O) groups is 3. The minimum Gasteiger partial charge on any atom is -0.277 e. The van der Waals surface area contributed by atoms with Gasteiger partial charge in [0.05, 0.1) is 15.7 Å². The van der Waals surface area contributed by atoms with Crippen molar-refractivity contribution in [2.45, 2.75) is 19.8 Å². The third-order valence-electron chi connectivity index (χ3n) is 3.01. The van der Waals surface area contributed by atoms with E-state index in [4.69, 9.17) is 23.2 Å². The van der Waals surface area contributed by atoms with Gasteiger partial charge < -0.3 is 0 Å². The molecule has 1 aliphatic heterocycles. The molecule has 1 aliphatic rings. The Kier molecular flexibility index (Phi) is 4.30. The average Bonchev–Trinajstić information content (AvgIpc) is 2.38. The van der Waals surface area contributed by atoms with Crippen LogP contribution in [-0.2, 0) is 9.59 Å². The van der Waals surface area contributed by atoms with E-state index in [0.717, 1.165) is 4.90 Å². The smallest absolute Gasteiger partial charge is 0.277 e. The van der Waals surface area contributed by atoms with Gasteiger partial charge in [-0.1, -0.05) is 36.5 Å². The molecule has 1 unspecified atom stereocenters. The molecule has 5 nitrogen and oxygen atoms in total. The summed E-state index contributed by atoms with van der Waals surface area (Å²) in [7, 11) is 0. The lowest BCUT2D eigenvalue weighted by atomic mass is 9.99. The first-order valence-corrected chi connectivity index (χ1v) is 6.85. The quantitative estimate of drug-likeness (QED) is 0.872. The number of imide groups is 2. The fourth-order valence-corrected chi connectivity index (χ4v) is 2.32. The topological polar surface area (TPSA) is 66.5 Å². The van der Waals surface area contributed by atoms with Crippen molar-refractivity contribution in [3.05, 3.63) is 28.2 Å². The molecule has 1 heterocycles. The zero-order valence-corrected chi connectivity index (χ0v) is 12.2. The molecule has 20 heavy (non-hydrogen) atoms. The Bertz CT molecular complexity index is 589. The molecule has 1 fully saturated rings. The highest BCUT2D eigenvalue weighted by Gasteiger charge is 2.40. The van der Waals surface area contributed by atoms with Gasteiger partial charge in [-0.3, -0.25) is 14.9 Å². The molecule has 0 radical (unpaired) electrons. The van der Waals surface area contributed by atoms with E-state index in [2.05, 4.69) is 5.32 Å². The maximum Gasteiger partial charge on any atom is 0.335 e. The number of amides is 4. The number of nitrogens with zero attached hydrogens (tertiary/aromatic N) is 1. The monoisotopic (exact) mass is 314 g/mol. The maximum absolute atomic E-state index is 12.3. The van der Waals surface area contributed by atoms with Crippen LogP contribution in [0.25, 0.3) is 0 Å². The van der Waals surface area contributed by atoms with E-state index in [9.17, 15) is 14.4 Å². The number of hydrogen-bond acceptors (Lipinski definition) is 3. The highest BCUT2D eigenvalue weighted by Crippen LogP contribution is 2.29. The summed E-state index contributed by atoms with van der Waals surface area (Å²) in [6.45, 7) is 1.86. The van der Waals surface area contributed by atoms with Crippen LogP contribution in [0.1, 0.15) is 19.8 Å². The highest BCUT2D eigenvalue weighted by atomic mass is 35.5. The van der Waals surface area contributed by atoms with E-state index >= 15 is 0 Å².